The van der Waals surface area contributed by atoms with Crippen LogP contribution in [0.25, 0.3) is 0 Å². The van der Waals surface area contributed by atoms with E-state index in [2.05, 4.69) is 31.2 Å². The smallest absolute Gasteiger partial charge is 0.251 e. The summed E-state index contributed by atoms with van der Waals surface area (Å²) in [5.74, 6) is 0.496. The van der Waals surface area contributed by atoms with E-state index >= 15 is 0 Å². The Morgan fingerprint density at radius 1 is 1.35 bits per heavy atom. The van der Waals surface area contributed by atoms with Gasteiger partial charge < -0.3 is 10.2 Å². The number of nitrogens with one attached hydrogen (secondary N) is 1. The Morgan fingerprint density at radius 3 is 2.85 bits per heavy atom. The van der Waals surface area contributed by atoms with Gasteiger partial charge in [0.15, 0.2) is 0 Å². The van der Waals surface area contributed by atoms with Crippen molar-refractivity contribution in [2.24, 2.45) is 0 Å². The lowest BCUT2D eigenvalue weighted by Crippen LogP contribution is -2.24. The number of amides is 1. The zero-order chi connectivity index (χ0) is 14.5. The molecule has 0 aliphatic heterocycles. The van der Waals surface area contributed by atoms with Gasteiger partial charge in [-0.25, -0.2) is 9.97 Å². The molecule has 0 aliphatic rings. The molecule has 0 radical (unpaired) electrons. The van der Waals surface area contributed by atoms with E-state index in [0.717, 1.165) is 10.2 Å². The van der Waals surface area contributed by atoms with Gasteiger partial charge in [-0.3, -0.25) is 4.79 Å². The highest BCUT2D eigenvalue weighted by Gasteiger charge is 2.07. The topological polar surface area (TPSA) is 58.1 Å². The lowest BCUT2D eigenvalue weighted by Gasteiger charge is -2.11. The van der Waals surface area contributed by atoms with Crippen molar-refractivity contribution in [3.8, 4) is 0 Å². The second-order valence-electron chi connectivity index (χ2n) is 4.44. The summed E-state index contributed by atoms with van der Waals surface area (Å²) in [6.07, 6.45) is 1.68. The molecule has 0 unspecified atom stereocenters. The molecule has 0 atom stereocenters. The Labute approximate surface area is 126 Å². The summed E-state index contributed by atoms with van der Waals surface area (Å²) in [6, 6.07) is 9.04. The lowest BCUT2D eigenvalue weighted by molar-refractivity contribution is 0.0950. The molecule has 1 aromatic carbocycles. The fourth-order valence-corrected chi connectivity index (χ4v) is 2.00. The number of nitrogens with zero attached hydrogens (tertiary/aromatic N) is 3. The van der Waals surface area contributed by atoms with E-state index in [9.17, 15) is 4.79 Å². The highest BCUT2D eigenvalue weighted by molar-refractivity contribution is 9.10. The summed E-state index contributed by atoms with van der Waals surface area (Å²) in [5.41, 5.74) is 1.38. The van der Waals surface area contributed by atoms with Crippen molar-refractivity contribution in [2.45, 2.75) is 6.54 Å². The highest BCUT2D eigenvalue weighted by atomic mass is 79.9. The molecule has 1 N–H and O–H groups in total. The fraction of sp³-hybridized carbons (Fsp3) is 0.214. The summed E-state index contributed by atoms with van der Waals surface area (Å²) < 4.78 is 0.877. The third-order valence-corrected chi connectivity index (χ3v) is 3.11. The molecule has 0 spiro atoms. The maximum absolute atomic E-state index is 12.0. The molecular formula is C14H15BrN4O. The predicted molar refractivity (Wildman–Crippen MR) is 81.7 cm³/mol. The summed E-state index contributed by atoms with van der Waals surface area (Å²) in [5, 5.41) is 2.84. The molecule has 1 heterocycles. The van der Waals surface area contributed by atoms with Gasteiger partial charge in [0.1, 0.15) is 0 Å². The Balaban J connectivity index is 2.02. The Bertz CT molecular complexity index is 616. The number of hydrogen-bond acceptors (Lipinski definition) is 4. The Hall–Kier alpha value is -1.95. The van der Waals surface area contributed by atoms with E-state index in [4.69, 9.17) is 0 Å². The molecule has 0 fully saturated rings. The summed E-state index contributed by atoms with van der Waals surface area (Å²) in [6.45, 7) is 0.370. The third-order valence-electron chi connectivity index (χ3n) is 2.62. The standard InChI is InChI=1S/C14H15BrN4O/c1-19(2)14-16-7-6-12(18-14)9-17-13(20)10-4-3-5-11(15)8-10/h3-8H,9H2,1-2H3,(H,17,20). The number of rotatable bonds is 4. The number of anilines is 1. The summed E-state index contributed by atoms with van der Waals surface area (Å²) in [4.78, 5) is 22.3. The molecular weight excluding hydrogens is 320 g/mol. The van der Waals surface area contributed by atoms with Crippen LogP contribution in [0.5, 0.6) is 0 Å². The number of hydrogen-bond donors (Lipinski definition) is 1. The predicted octanol–water partition coefficient (Wildman–Crippen LogP) is 2.24. The van der Waals surface area contributed by atoms with Crippen LogP contribution >= 0.6 is 15.9 Å². The average Bonchev–Trinajstić information content (AvgIpc) is 2.45. The van der Waals surface area contributed by atoms with Crippen LogP contribution in [0.15, 0.2) is 41.0 Å². The van der Waals surface area contributed by atoms with E-state index in [1.54, 1.807) is 24.4 Å². The molecule has 1 amide bonds. The number of aromatic nitrogens is 2. The van der Waals surface area contributed by atoms with Crippen LogP contribution in [0, 0.1) is 0 Å². The lowest BCUT2D eigenvalue weighted by atomic mass is 10.2. The molecule has 6 heteroatoms. The van der Waals surface area contributed by atoms with Crippen LogP contribution in [-0.4, -0.2) is 30.0 Å². The Kier molecular flexibility index (Phi) is 4.68. The van der Waals surface area contributed by atoms with Gasteiger partial charge in [-0.05, 0) is 24.3 Å². The van der Waals surface area contributed by atoms with Gasteiger partial charge in [-0.15, -0.1) is 0 Å². The molecule has 104 valence electrons. The van der Waals surface area contributed by atoms with Crippen LogP contribution in [0.2, 0.25) is 0 Å². The van der Waals surface area contributed by atoms with Crippen molar-refractivity contribution in [3.05, 3.63) is 52.3 Å². The summed E-state index contributed by atoms with van der Waals surface area (Å²) in [7, 11) is 3.75. The van der Waals surface area contributed by atoms with E-state index < -0.39 is 0 Å². The van der Waals surface area contributed by atoms with Gasteiger partial charge in [-0.2, -0.15) is 0 Å². The second-order valence-corrected chi connectivity index (χ2v) is 5.35. The normalized spacial score (nSPS) is 10.2. The molecule has 20 heavy (non-hydrogen) atoms. The van der Waals surface area contributed by atoms with Crippen LogP contribution in [0.1, 0.15) is 16.1 Å². The monoisotopic (exact) mass is 334 g/mol. The molecule has 0 bridgehead atoms. The van der Waals surface area contributed by atoms with E-state index in [1.807, 2.05) is 31.1 Å². The van der Waals surface area contributed by atoms with E-state index in [1.165, 1.54) is 0 Å². The van der Waals surface area contributed by atoms with Gasteiger partial charge in [0.2, 0.25) is 5.95 Å². The molecule has 2 rings (SSSR count). The molecule has 1 aromatic heterocycles. The molecule has 5 nitrogen and oxygen atoms in total. The first-order valence-corrected chi connectivity index (χ1v) is 6.88. The van der Waals surface area contributed by atoms with Gasteiger partial charge in [0.05, 0.1) is 12.2 Å². The zero-order valence-corrected chi connectivity index (χ0v) is 12.9. The maximum Gasteiger partial charge on any atom is 0.251 e. The van der Waals surface area contributed by atoms with Gasteiger partial charge >= 0.3 is 0 Å². The fourth-order valence-electron chi connectivity index (χ4n) is 1.60. The minimum Gasteiger partial charge on any atom is -0.347 e. The van der Waals surface area contributed by atoms with Crippen molar-refractivity contribution >= 4 is 27.8 Å². The number of benzene rings is 1. The first kappa shape index (κ1) is 14.5. The number of carbonyl (C=O) groups excluding carboxylic acids is 1. The van der Waals surface area contributed by atoms with Crippen molar-refractivity contribution < 1.29 is 4.79 Å². The molecule has 2 aromatic rings. The maximum atomic E-state index is 12.0. The minimum absolute atomic E-state index is 0.128. The van der Waals surface area contributed by atoms with Crippen LogP contribution in [0.4, 0.5) is 5.95 Å². The molecule has 0 saturated carbocycles. The zero-order valence-electron chi connectivity index (χ0n) is 11.3. The molecule has 0 aliphatic carbocycles. The van der Waals surface area contributed by atoms with Crippen LogP contribution in [0.3, 0.4) is 0 Å². The largest absolute Gasteiger partial charge is 0.347 e. The van der Waals surface area contributed by atoms with Crippen molar-refractivity contribution in [3.63, 3.8) is 0 Å². The Morgan fingerprint density at radius 2 is 2.15 bits per heavy atom. The van der Waals surface area contributed by atoms with Crippen molar-refractivity contribution in [2.75, 3.05) is 19.0 Å². The molecule has 0 saturated heterocycles. The van der Waals surface area contributed by atoms with Gasteiger partial charge in [0.25, 0.3) is 5.91 Å². The number of carbonyl (C=O) groups is 1. The second kappa shape index (κ2) is 6.47. The van der Waals surface area contributed by atoms with Crippen LogP contribution in [-0.2, 0) is 6.54 Å². The highest BCUT2D eigenvalue weighted by Crippen LogP contribution is 2.11. The third kappa shape index (κ3) is 3.77. The minimum atomic E-state index is -0.128. The van der Waals surface area contributed by atoms with Crippen molar-refractivity contribution in [1.29, 1.82) is 0 Å². The SMILES string of the molecule is CN(C)c1nccc(CNC(=O)c2cccc(Br)c2)n1. The van der Waals surface area contributed by atoms with Gasteiger partial charge in [-0.1, -0.05) is 22.0 Å². The average molecular weight is 335 g/mol. The van der Waals surface area contributed by atoms with E-state index in [0.29, 0.717) is 18.1 Å². The van der Waals surface area contributed by atoms with Gasteiger partial charge in [0, 0.05) is 30.3 Å². The van der Waals surface area contributed by atoms with Crippen LogP contribution < -0.4 is 10.2 Å². The van der Waals surface area contributed by atoms with Crippen molar-refractivity contribution in [1.82, 2.24) is 15.3 Å². The first-order valence-electron chi connectivity index (χ1n) is 6.09. The summed E-state index contributed by atoms with van der Waals surface area (Å²) >= 11 is 3.35. The first-order chi connectivity index (χ1) is 9.56. The quantitative estimate of drug-likeness (QED) is 0.931. The van der Waals surface area contributed by atoms with E-state index in [-0.39, 0.29) is 5.91 Å². The number of halogens is 1.